The van der Waals surface area contributed by atoms with E-state index >= 15 is 4.79 Å². The van der Waals surface area contributed by atoms with Crippen molar-refractivity contribution in [2.75, 3.05) is 36.0 Å². The quantitative estimate of drug-likeness (QED) is 0.101. The molecule has 7 heteroatoms. The normalized spacial score (nSPS) is 18.1. The summed E-state index contributed by atoms with van der Waals surface area (Å²) < 4.78 is 0. The number of allylic oxidation sites excluding steroid dienone is 2. The summed E-state index contributed by atoms with van der Waals surface area (Å²) in [5.74, 6) is 0.0505. The van der Waals surface area contributed by atoms with Crippen LogP contribution in [-0.4, -0.2) is 51.7 Å². The Morgan fingerprint density at radius 1 is 0.516 bits per heavy atom. The Kier molecular flexibility index (Phi) is 12.1. The standard InChI is InChI=1S/C57H60N6O/c1-3-5-17-33-62-49-27-31-58-37-47(49)51(55(53(62)43-21-9-7-10-22-43)60-35-29-41-19-13-15-25-45(41)39-60)57(64)52-48-38-59-32-28-50(48)63(34-18-6-4-2)54(44-23-11-8-12-24-44)56(52)61-36-30-42-20-14-16-26-46(42)40-61/h7-16,19-28,31-32,37-38,53-54H,3-6,17-18,29-30,33-36,39-40H2,1-2H3. The van der Waals surface area contributed by atoms with Gasteiger partial charge in [0.25, 0.3) is 0 Å². The third-order valence-electron chi connectivity index (χ3n) is 14.0. The van der Waals surface area contributed by atoms with E-state index in [1.54, 1.807) is 0 Å². The van der Waals surface area contributed by atoms with Crippen LogP contribution in [0.25, 0.3) is 11.1 Å². The van der Waals surface area contributed by atoms with Crippen molar-refractivity contribution in [1.29, 1.82) is 0 Å². The molecular weight excluding hydrogens is 785 g/mol. The predicted molar refractivity (Wildman–Crippen MR) is 261 cm³/mol. The molecule has 0 fully saturated rings. The Morgan fingerprint density at radius 2 is 0.922 bits per heavy atom. The molecule has 4 aliphatic heterocycles. The van der Waals surface area contributed by atoms with E-state index in [0.717, 1.165) is 136 Å². The summed E-state index contributed by atoms with van der Waals surface area (Å²) in [6.45, 7) is 9.38. The number of hydrogen-bond acceptors (Lipinski definition) is 7. The van der Waals surface area contributed by atoms with Gasteiger partial charge < -0.3 is 19.6 Å². The van der Waals surface area contributed by atoms with Crippen LogP contribution >= 0.6 is 0 Å². The second-order valence-corrected chi connectivity index (χ2v) is 17.9. The molecule has 0 saturated heterocycles. The van der Waals surface area contributed by atoms with Gasteiger partial charge in [-0.1, -0.05) is 149 Å². The first-order valence-electron chi connectivity index (χ1n) is 23.8. The molecule has 0 saturated carbocycles. The van der Waals surface area contributed by atoms with E-state index in [4.69, 9.17) is 9.97 Å². The number of benzene rings is 4. The highest BCUT2D eigenvalue weighted by Crippen LogP contribution is 2.53. The molecule has 2 aromatic heterocycles. The van der Waals surface area contributed by atoms with Crippen molar-refractivity contribution in [1.82, 2.24) is 19.8 Å². The summed E-state index contributed by atoms with van der Waals surface area (Å²) in [7, 11) is 0. The van der Waals surface area contributed by atoms with Crippen molar-refractivity contribution in [2.45, 2.75) is 90.4 Å². The van der Waals surface area contributed by atoms with Gasteiger partial charge in [0.1, 0.15) is 0 Å². The van der Waals surface area contributed by atoms with Crippen LogP contribution in [0.5, 0.6) is 0 Å². The number of nitrogens with zero attached hydrogens (tertiary/aromatic N) is 6. The van der Waals surface area contributed by atoms with Crippen LogP contribution in [0.2, 0.25) is 0 Å². The number of ketones is 1. The van der Waals surface area contributed by atoms with Crippen LogP contribution in [0.4, 0.5) is 11.4 Å². The maximum absolute atomic E-state index is 17.1. The number of unbranched alkanes of at least 4 members (excludes halogenated alkanes) is 4. The van der Waals surface area contributed by atoms with Crippen LogP contribution in [-0.2, 0) is 30.7 Å². The number of anilines is 2. The SMILES string of the molecule is CCCCCN1c2ccncc2C(C(=O)C2=C(N3CCc4ccccc4C3)C(c3ccccc3)N(CCCCC)c3ccncc32)=C(N2CCc3ccccc3C2)C1c1ccccc1. The zero-order valence-corrected chi connectivity index (χ0v) is 37.5. The van der Waals surface area contributed by atoms with Crippen molar-refractivity contribution in [3.05, 3.63) is 202 Å². The number of carbonyl (C=O) groups is 1. The van der Waals surface area contributed by atoms with E-state index < -0.39 is 0 Å². The fourth-order valence-electron chi connectivity index (χ4n) is 11.0. The van der Waals surface area contributed by atoms with E-state index in [-0.39, 0.29) is 17.9 Å². The number of rotatable bonds is 14. The summed E-state index contributed by atoms with van der Waals surface area (Å²) in [5.41, 5.74) is 15.4. The highest BCUT2D eigenvalue weighted by molar-refractivity contribution is 6.44. The maximum Gasteiger partial charge on any atom is 0.198 e. The van der Waals surface area contributed by atoms with E-state index in [9.17, 15) is 0 Å². The van der Waals surface area contributed by atoms with Gasteiger partial charge in [-0.05, 0) is 71.2 Å². The molecule has 0 aliphatic carbocycles. The van der Waals surface area contributed by atoms with E-state index in [1.807, 2.05) is 24.8 Å². The smallest absolute Gasteiger partial charge is 0.198 e. The van der Waals surface area contributed by atoms with Gasteiger partial charge in [-0.2, -0.15) is 0 Å². The lowest BCUT2D eigenvalue weighted by Crippen LogP contribution is -2.45. The first-order valence-corrected chi connectivity index (χ1v) is 23.8. The monoisotopic (exact) mass is 844 g/mol. The minimum absolute atomic E-state index is 0.0505. The van der Waals surface area contributed by atoms with Gasteiger partial charge in [0.15, 0.2) is 5.78 Å². The lowest BCUT2D eigenvalue weighted by atomic mass is 9.79. The average molecular weight is 845 g/mol. The van der Waals surface area contributed by atoms with Crippen molar-refractivity contribution < 1.29 is 4.79 Å². The molecule has 4 aromatic carbocycles. The first-order chi connectivity index (χ1) is 31.6. The summed E-state index contributed by atoms with van der Waals surface area (Å²) >= 11 is 0. The van der Waals surface area contributed by atoms with Gasteiger partial charge in [-0.15, -0.1) is 0 Å². The topological polar surface area (TPSA) is 55.8 Å². The van der Waals surface area contributed by atoms with E-state index in [0.29, 0.717) is 0 Å². The molecule has 7 nitrogen and oxygen atoms in total. The Hall–Kier alpha value is -6.47. The summed E-state index contributed by atoms with van der Waals surface area (Å²) in [6, 6.07) is 43.5. The molecule has 6 aromatic rings. The van der Waals surface area contributed by atoms with Crippen molar-refractivity contribution >= 4 is 28.3 Å². The molecule has 2 atom stereocenters. The van der Waals surface area contributed by atoms with Gasteiger partial charge in [-0.3, -0.25) is 14.8 Å². The number of aromatic nitrogens is 2. The molecule has 4 aliphatic rings. The number of hydrogen-bond donors (Lipinski definition) is 0. The second-order valence-electron chi connectivity index (χ2n) is 17.9. The van der Waals surface area contributed by atoms with Crippen molar-refractivity contribution in [3.63, 3.8) is 0 Å². The average Bonchev–Trinajstić information content (AvgIpc) is 3.36. The van der Waals surface area contributed by atoms with Gasteiger partial charge >= 0.3 is 0 Å². The van der Waals surface area contributed by atoms with Gasteiger partial charge in [0.05, 0.1) is 34.6 Å². The molecule has 0 radical (unpaired) electrons. The zero-order valence-electron chi connectivity index (χ0n) is 37.5. The number of carbonyl (C=O) groups excluding carboxylic acids is 1. The zero-order chi connectivity index (χ0) is 43.4. The fourth-order valence-corrected chi connectivity index (χ4v) is 11.0. The van der Waals surface area contributed by atoms with Crippen LogP contribution in [0, 0.1) is 0 Å². The summed E-state index contributed by atoms with van der Waals surface area (Å²) in [5, 5.41) is 0. The lowest BCUT2D eigenvalue weighted by Gasteiger charge is -2.48. The molecule has 6 heterocycles. The van der Waals surface area contributed by atoms with Gasteiger partial charge in [0.2, 0.25) is 0 Å². The molecule has 0 amide bonds. The molecule has 2 unspecified atom stereocenters. The highest BCUT2D eigenvalue weighted by atomic mass is 16.1. The van der Waals surface area contributed by atoms with Crippen molar-refractivity contribution in [3.8, 4) is 0 Å². The second kappa shape index (κ2) is 18.7. The number of Topliss-reactive ketones (excluding diaryl/α,β-unsaturated/α-hetero) is 1. The Labute approximate surface area is 379 Å². The number of fused-ring (bicyclic) bond motifs is 4. The van der Waals surface area contributed by atoms with Crippen LogP contribution in [0.1, 0.15) is 109 Å². The molecule has 0 N–H and O–H groups in total. The molecule has 10 rings (SSSR count). The highest BCUT2D eigenvalue weighted by Gasteiger charge is 2.45. The van der Waals surface area contributed by atoms with Gasteiger partial charge in [-0.25, -0.2) is 0 Å². The summed E-state index contributed by atoms with van der Waals surface area (Å²) in [6.07, 6.45) is 16.2. The van der Waals surface area contributed by atoms with Gasteiger partial charge in [0, 0.05) is 86.6 Å². The van der Waals surface area contributed by atoms with E-state index in [2.05, 4.69) is 155 Å². The number of pyridine rings is 2. The molecule has 0 bridgehead atoms. The van der Waals surface area contributed by atoms with Crippen molar-refractivity contribution in [2.24, 2.45) is 0 Å². The van der Waals surface area contributed by atoms with Crippen LogP contribution in [0.15, 0.2) is 158 Å². The minimum atomic E-state index is -0.185. The third kappa shape index (κ3) is 7.80. The molecule has 324 valence electrons. The molecular formula is C57H60N6O. The Balaban J connectivity index is 1.27. The first kappa shape index (κ1) is 41.5. The molecule has 64 heavy (non-hydrogen) atoms. The minimum Gasteiger partial charge on any atom is -0.368 e. The fraction of sp³-hybridized carbons (Fsp3) is 0.316. The van der Waals surface area contributed by atoms with Crippen LogP contribution in [0.3, 0.4) is 0 Å². The Bertz CT molecular complexity index is 2490. The van der Waals surface area contributed by atoms with Crippen LogP contribution < -0.4 is 9.80 Å². The van der Waals surface area contributed by atoms with E-state index in [1.165, 1.54) is 33.4 Å². The lowest BCUT2D eigenvalue weighted by molar-refractivity contribution is -0.109. The predicted octanol–water partition coefficient (Wildman–Crippen LogP) is 11.8. The Morgan fingerprint density at radius 3 is 1.34 bits per heavy atom. The molecule has 0 spiro atoms. The maximum atomic E-state index is 17.1. The largest absolute Gasteiger partial charge is 0.368 e. The third-order valence-corrected chi connectivity index (χ3v) is 14.0. The summed E-state index contributed by atoms with van der Waals surface area (Å²) in [4.78, 5) is 37.0.